The first-order valence-electron chi connectivity index (χ1n) is 6.44. The van der Waals surface area contributed by atoms with Gasteiger partial charge in [0.05, 0.1) is 10.0 Å². The number of benzene rings is 1. The Morgan fingerprint density at radius 2 is 1.95 bits per heavy atom. The molecule has 4 nitrogen and oxygen atoms in total. The van der Waals surface area contributed by atoms with Crippen molar-refractivity contribution in [1.29, 1.82) is 0 Å². The van der Waals surface area contributed by atoms with E-state index < -0.39 is 12.0 Å². The zero-order chi connectivity index (χ0) is 15.1. The van der Waals surface area contributed by atoms with Crippen molar-refractivity contribution in [3.05, 3.63) is 28.2 Å². The standard InChI is InChI=1S/C14H19Cl2NO3/c1-9(2)8-12(14(18)19)17-6-7-20-13-10(15)4-3-5-11(13)16/h3-5,9,12,17H,6-8H2,1-2H3,(H,18,19). The molecule has 1 unspecified atom stereocenters. The lowest BCUT2D eigenvalue weighted by atomic mass is 10.0. The lowest BCUT2D eigenvalue weighted by Crippen LogP contribution is -2.39. The summed E-state index contributed by atoms with van der Waals surface area (Å²) in [5.74, 6) is -0.120. The maximum absolute atomic E-state index is 11.1. The van der Waals surface area contributed by atoms with Gasteiger partial charge in [0.1, 0.15) is 12.6 Å². The van der Waals surface area contributed by atoms with Gasteiger partial charge < -0.3 is 15.2 Å². The molecule has 0 spiro atoms. The number of aliphatic carboxylic acids is 1. The highest BCUT2D eigenvalue weighted by Gasteiger charge is 2.17. The predicted molar refractivity (Wildman–Crippen MR) is 80.8 cm³/mol. The molecule has 1 rings (SSSR count). The van der Waals surface area contributed by atoms with Gasteiger partial charge in [0, 0.05) is 6.54 Å². The van der Waals surface area contributed by atoms with E-state index in [1.807, 2.05) is 13.8 Å². The second-order valence-corrected chi connectivity index (χ2v) is 5.69. The van der Waals surface area contributed by atoms with Crippen LogP contribution in [0, 0.1) is 5.92 Å². The zero-order valence-electron chi connectivity index (χ0n) is 11.5. The number of halogens is 2. The summed E-state index contributed by atoms with van der Waals surface area (Å²) in [6.07, 6.45) is 0.572. The Labute approximate surface area is 129 Å². The monoisotopic (exact) mass is 319 g/mol. The van der Waals surface area contributed by atoms with Crippen LogP contribution in [0.4, 0.5) is 0 Å². The van der Waals surface area contributed by atoms with Crippen LogP contribution in [0.15, 0.2) is 18.2 Å². The number of carboxylic acids is 1. The fourth-order valence-corrected chi connectivity index (χ4v) is 2.26. The van der Waals surface area contributed by atoms with Crippen molar-refractivity contribution < 1.29 is 14.6 Å². The molecule has 20 heavy (non-hydrogen) atoms. The second-order valence-electron chi connectivity index (χ2n) is 4.87. The van der Waals surface area contributed by atoms with Crippen molar-refractivity contribution in [3.8, 4) is 5.75 Å². The van der Waals surface area contributed by atoms with Gasteiger partial charge in [-0.15, -0.1) is 0 Å². The van der Waals surface area contributed by atoms with E-state index in [0.717, 1.165) is 0 Å². The summed E-state index contributed by atoms with van der Waals surface area (Å²) in [6, 6.07) is 4.54. The molecule has 0 heterocycles. The van der Waals surface area contributed by atoms with Gasteiger partial charge in [-0.05, 0) is 24.5 Å². The summed E-state index contributed by atoms with van der Waals surface area (Å²) in [5, 5.41) is 12.9. The van der Waals surface area contributed by atoms with Crippen molar-refractivity contribution in [2.45, 2.75) is 26.3 Å². The topological polar surface area (TPSA) is 58.6 Å². The SMILES string of the molecule is CC(C)CC(NCCOc1c(Cl)cccc1Cl)C(=O)O. The second kappa shape index (κ2) is 8.35. The molecule has 0 fully saturated rings. The van der Waals surface area contributed by atoms with Crippen LogP contribution in [0.3, 0.4) is 0 Å². The van der Waals surface area contributed by atoms with E-state index in [0.29, 0.717) is 41.3 Å². The van der Waals surface area contributed by atoms with Gasteiger partial charge in [-0.1, -0.05) is 43.1 Å². The fourth-order valence-electron chi connectivity index (χ4n) is 1.75. The quantitative estimate of drug-likeness (QED) is 0.720. The number of nitrogens with one attached hydrogen (secondary N) is 1. The number of para-hydroxylation sites is 1. The summed E-state index contributed by atoms with van der Waals surface area (Å²) in [4.78, 5) is 11.1. The van der Waals surface area contributed by atoms with Crippen molar-refractivity contribution in [1.82, 2.24) is 5.32 Å². The van der Waals surface area contributed by atoms with Crippen molar-refractivity contribution in [2.24, 2.45) is 5.92 Å². The Kier molecular flexibility index (Phi) is 7.13. The lowest BCUT2D eigenvalue weighted by Gasteiger charge is -2.17. The third-order valence-corrected chi connectivity index (χ3v) is 3.26. The van der Waals surface area contributed by atoms with Crippen LogP contribution in [0.5, 0.6) is 5.75 Å². The minimum atomic E-state index is -0.852. The Morgan fingerprint density at radius 1 is 1.35 bits per heavy atom. The molecule has 0 bridgehead atoms. The molecule has 6 heteroatoms. The van der Waals surface area contributed by atoms with Crippen LogP contribution in [0.1, 0.15) is 20.3 Å². The molecule has 0 amide bonds. The molecule has 112 valence electrons. The Balaban J connectivity index is 2.42. The molecule has 0 saturated carbocycles. The number of hydrogen-bond acceptors (Lipinski definition) is 3. The Morgan fingerprint density at radius 3 is 2.45 bits per heavy atom. The first kappa shape index (κ1) is 17.1. The average molecular weight is 320 g/mol. The van der Waals surface area contributed by atoms with Gasteiger partial charge in [-0.2, -0.15) is 0 Å². The third-order valence-electron chi connectivity index (χ3n) is 2.66. The summed E-state index contributed by atoms with van der Waals surface area (Å²) < 4.78 is 5.48. The Bertz CT molecular complexity index is 432. The average Bonchev–Trinajstić information content (AvgIpc) is 2.35. The molecule has 0 aromatic heterocycles. The number of rotatable bonds is 8. The van der Waals surface area contributed by atoms with E-state index in [2.05, 4.69) is 5.32 Å². The molecule has 0 aliphatic rings. The van der Waals surface area contributed by atoms with E-state index in [9.17, 15) is 4.79 Å². The van der Waals surface area contributed by atoms with Crippen LogP contribution in [-0.4, -0.2) is 30.3 Å². The van der Waals surface area contributed by atoms with E-state index in [1.165, 1.54) is 0 Å². The van der Waals surface area contributed by atoms with Crippen LogP contribution in [0.25, 0.3) is 0 Å². The normalized spacial score (nSPS) is 12.4. The largest absolute Gasteiger partial charge is 0.489 e. The Hall–Kier alpha value is -0.970. The van der Waals surface area contributed by atoms with Crippen molar-refractivity contribution in [2.75, 3.05) is 13.2 Å². The summed E-state index contributed by atoms with van der Waals surface area (Å²) in [6.45, 7) is 4.67. The first-order valence-corrected chi connectivity index (χ1v) is 7.20. The highest BCUT2D eigenvalue weighted by atomic mass is 35.5. The van der Waals surface area contributed by atoms with Gasteiger partial charge in [-0.25, -0.2) is 0 Å². The molecule has 0 saturated heterocycles. The molecule has 1 atom stereocenters. The van der Waals surface area contributed by atoms with E-state index in [4.69, 9.17) is 33.0 Å². The fraction of sp³-hybridized carbons (Fsp3) is 0.500. The zero-order valence-corrected chi connectivity index (χ0v) is 13.0. The minimum Gasteiger partial charge on any atom is -0.489 e. The third kappa shape index (κ3) is 5.57. The molecule has 1 aromatic carbocycles. The molecule has 1 aromatic rings. The number of carbonyl (C=O) groups is 1. The van der Waals surface area contributed by atoms with Crippen LogP contribution in [-0.2, 0) is 4.79 Å². The van der Waals surface area contributed by atoms with Gasteiger partial charge in [0.2, 0.25) is 0 Å². The van der Waals surface area contributed by atoms with Gasteiger partial charge in [-0.3, -0.25) is 4.79 Å². The molecule has 2 N–H and O–H groups in total. The predicted octanol–water partition coefficient (Wildman–Crippen LogP) is 3.46. The van der Waals surface area contributed by atoms with Crippen LogP contribution >= 0.6 is 23.2 Å². The summed E-state index contributed by atoms with van der Waals surface area (Å²) in [5.41, 5.74) is 0. The van der Waals surface area contributed by atoms with E-state index in [1.54, 1.807) is 18.2 Å². The maximum Gasteiger partial charge on any atom is 0.320 e. The number of hydrogen-bond donors (Lipinski definition) is 2. The van der Waals surface area contributed by atoms with Gasteiger partial charge >= 0.3 is 5.97 Å². The number of carboxylic acid groups (broad SMARTS) is 1. The highest BCUT2D eigenvalue weighted by Crippen LogP contribution is 2.32. The van der Waals surface area contributed by atoms with Crippen molar-refractivity contribution >= 4 is 29.2 Å². The summed E-state index contributed by atoms with van der Waals surface area (Å²) >= 11 is 11.9. The van der Waals surface area contributed by atoms with E-state index >= 15 is 0 Å². The summed E-state index contributed by atoms with van der Waals surface area (Å²) in [7, 11) is 0. The van der Waals surface area contributed by atoms with Gasteiger partial charge in [0.25, 0.3) is 0 Å². The highest BCUT2D eigenvalue weighted by molar-refractivity contribution is 6.37. The lowest BCUT2D eigenvalue weighted by molar-refractivity contribution is -0.139. The molecular weight excluding hydrogens is 301 g/mol. The molecule has 0 aliphatic heterocycles. The number of ether oxygens (including phenoxy) is 1. The molecular formula is C14H19Cl2NO3. The smallest absolute Gasteiger partial charge is 0.320 e. The maximum atomic E-state index is 11.1. The van der Waals surface area contributed by atoms with Gasteiger partial charge in [0.15, 0.2) is 5.75 Å². The first-order chi connectivity index (χ1) is 9.41. The molecule has 0 radical (unpaired) electrons. The van der Waals surface area contributed by atoms with Crippen LogP contribution in [0.2, 0.25) is 10.0 Å². The minimum absolute atomic E-state index is 0.297. The van der Waals surface area contributed by atoms with E-state index in [-0.39, 0.29) is 0 Å². The van der Waals surface area contributed by atoms with Crippen molar-refractivity contribution in [3.63, 3.8) is 0 Å². The molecule has 0 aliphatic carbocycles. The van der Waals surface area contributed by atoms with Crippen LogP contribution < -0.4 is 10.1 Å².